The second kappa shape index (κ2) is 6.36. The summed E-state index contributed by atoms with van der Waals surface area (Å²) >= 11 is 0. The first-order chi connectivity index (χ1) is 12.5. The number of carbonyl (C=O) groups excluding carboxylic acids is 1. The third-order valence-corrected chi connectivity index (χ3v) is 8.62. The van der Waals surface area contributed by atoms with Crippen LogP contribution >= 0.6 is 0 Å². The monoisotopic (exact) mass is 372 g/mol. The summed E-state index contributed by atoms with van der Waals surface area (Å²) in [5.41, 5.74) is 2.14. The van der Waals surface area contributed by atoms with Gasteiger partial charge in [0.1, 0.15) is 0 Å². The minimum atomic E-state index is 0.156. The van der Waals surface area contributed by atoms with Crippen LogP contribution in [0.4, 0.5) is 0 Å². The van der Waals surface area contributed by atoms with Gasteiger partial charge in [-0.2, -0.15) is 0 Å². The largest absolute Gasteiger partial charge is 0.512 e. The summed E-state index contributed by atoms with van der Waals surface area (Å²) in [5.74, 6) is 0.971. The molecule has 0 atom stereocenters. The second-order valence-electron chi connectivity index (χ2n) is 12.6. The Labute approximate surface area is 166 Å². The lowest BCUT2D eigenvalue weighted by Gasteiger charge is -2.56. The summed E-state index contributed by atoms with van der Waals surface area (Å²) in [5, 5.41) is 10.6. The smallest absolute Gasteiger partial charge is 0.162 e. The van der Waals surface area contributed by atoms with Gasteiger partial charge < -0.3 is 5.11 Å². The summed E-state index contributed by atoms with van der Waals surface area (Å²) in [6.45, 7) is 9.49. The molecule has 152 valence electrons. The van der Waals surface area contributed by atoms with Crippen LogP contribution < -0.4 is 0 Å². The van der Waals surface area contributed by atoms with E-state index < -0.39 is 0 Å². The SMILES string of the molecule is CC1(C)CC2(CCC(C(=O)/C=C(\O)C3CCC4(CC3)CC(C)(C)C4)CC2)C1. The number of aliphatic hydroxyl groups is 1. The maximum Gasteiger partial charge on any atom is 0.162 e. The Balaban J connectivity index is 1.26. The summed E-state index contributed by atoms with van der Waals surface area (Å²) in [4.78, 5) is 12.7. The van der Waals surface area contributed by atoms with Gasteiger partial charge in [0, 0.05) is 17.9 Å². The molecule has 0 aromatic heterocycles. The molecule has 0 radical (unpaired) electrons. The van der Waals surface area contributed by atoms with E-state index in [-0.39, 0.29) is 17.6 Å². The van der Waals surface area contributed by atoms with Crippen LogP contribution in [0.1, 0.15) is 105 Å². The van der Waals surface area contributed by atoms with E-state index in [0.29, 0.717) is 27.4 Å². The lowest BCUT2D eigenvalue weighted by molar-refractivity contribution is -0.122. The fraction of sp³-hybridized carbons (Fsp3) is 0.880. The van der Waals surface area contributed by atoms with E-state index in [2.05, 4.69) is 27.7 Å². The molecule has 0 aromatic carbocycles. The molecular formula is C25H40O2. The van der Waals surface area contributed by atoms with Gasteiger partial charge in [-0.25, -0.2) is 0 Å². The highest BCUT2D eigenvalue weighted by Crippen LogP contribution is 2.62. The van der Waals surface area contributed by atoms with Crippen molar-refractivity contribution in [1.29, 1.82) is 0 Å². The van der Waals surface area contributed by atoms with Gasteiger partial charge in [0.05, 0.1) is 5.76 Å². The molecular weight excluding hydrogens is 332 g/mol. The van der Waals surface area contributed by atoms with Crippen molar-refractivity contribution in [1.82, 2.24) is 0 Å². The van der Waals surface area contributed by atoms with Gasteiger partial charge in [0.25, 0.3) is 0 Å². The molecule has 0 aromatic rings. The van der Waals surface area contributed by atoms with Crippen molar-refractivity contribution < 1.29 is 9.90 Å². The molecule has 4 aliphatic carbocycles. The molecule has 1 N–H and O–H groups in total. The van der Waals surface area contributed by atoms with Crippen LogP contribution in [-0.2, 0) is 4.79 Å². The van der Waals surface area contributed by atoms with Crippen LogP contribution in [0.15, 0.2) is 11.8 Å². The van der Waals surface area contributed by atoms with Crippen molar-refractivity contribution in [3.63, 3.8) is 0 Å². The molecule has 0 saturated heterocycles. The van der Waals surface area contributed by atoms with Crippen LogP contribution in [0.3, 0.4) is 0 Å². The number of aliphatic hydroxyl groups excluding tert-OH is 1. The second-order valence-corrected chi connectivity index (χ2v) is 12.6. The van der Waals surface area contributed by atoms with Crippen LogP contribution in [0.2, 0.25) is 0 Å². The van der Waals surface area contributed by atoms with Crippen molar-refractivity contribution >= 4 is 5.78 Å². The molecule has 2 spiro atoms. The zero-order valence-electron chi connectivity index (χ0n) is 18.1. The standard InChI is InChI=1S/C25H40O2/c1-22(2)14-24(15-22)9-5-18(6-10-24)20(26)13-21(27)19-7-11-25(12-8-19)16-23(3,4)17-25/h13,18-19,26H,5-12,14-17H2,1-4H3/b20-13-. The highest BCUT2D eigenvalue weighted by molar-refractivity contribution is 5.92. The molecule has 2 heteroatoms. The average Bonchev–Trinajstić information content (AvgIpc) is 2.52. The highest BCUT2D eigenvalue weighted by atomic mass is 16.3. The molecule has 0 unspecified atom stereocenters. The molecule has 0 aliphatic heterocycles. The predicted molar refractivity (Wildman–Crippen MR) is 111 cm³/mol. The van der Waals surface area contributed by atoms with E-state index >= 15 is 0 Å². The average molecular weight is 373 g/mol. The molecule has 0 heterocycles. The van der Waals surface area contributed by atoms with E-state index in [9.17, 15) is 9.90 Å². The Morgan fingerprint density at radius 1 is 0.741 bits per heavy atom. The lowest BCUT2D eigenvalue weighted by Crippen LogP contribution is -2.45. The highest BCUT2D eigenvalue weighted by Gasteiger charge is 2.51. The number of hydrogen-bond acceptors (Lipinski definition) is 2. The van der Waals surface area contributed by atoms with Crippen LogP contribution in [0.5, 0.6) is 0 Å². The molecule has 0 amide bonds. The van der Waals surface area contributed by atoms with E-state index in [4.69, 9.17) is 0 Å². The fourth-order valence-corrected chi connectivity index (χ4v) is 8.09. The first-order valence-electron chi connectivity index (χ1n) is 11.5. The van der Waals surface area contributed by atoms with Gasteiger partial charge in [-0.05, 0) is 98.7 Å². The van der Waals surface area contributed by atoms with E-state index in [1.165, 1.54) is 51.4 Å². The zero-order chi connectivity index (χ0) is 19.5. The first-order valence-corrected chi connectivity index (χ1v) is 11.5. The zero-order valence-corrected chi connectivity index (χ0v) is 18.1. The van der Waals surface area contributed by atoms with E-state index in [1.807, 2.05) is 0 Å². The van der Waals surface area contributed by atoms with E-state index in [0.717, 1.165) is 25.7 Å². The van der Waals surface area contributed by atoms with Crippen molar-refractivity contribution in [2.45, 2.75) is 105 Å². The third kappa shape index (κ3) is 3.87. The maximum atomic E-state index is 12.7. The fourth-order valence-electron chi connectivity index (χ4n) is 8.09. The summed E-state index contributed by atoms with van der Waals surface area (Å²) in [6.07, 6.45) is 16.1. The van der Waals surface area contributed by atoms with Crippen molar-refractivity contribution in [3.05, 3.63) is 11.8 Å². The summed E-state index contributed by atoms with van der Waals surface area (Å²) < 4.78 is 0. The van der Waals surface area contributed by atoms with Gasteiger partial charge in [0.2, 0.25) is 0 Å². The van der Waals surface area contributed by atoms with Crippen LogP contribution in [-0.4, -0.2) is 10.9 Å². The third-order valence-electron chi connectivity index (χ3n) is 8.62. The molecule has 0 bridgehead atoms. The Hall–Kier alpha value is -0.790. The first kappa shape index (κ1) is 19.5. The van der Waals surface area contributed by atoms with Crippen molar-refractivity contribution in [3.8, 4) is 0 Å². The van der Waals surface area contributed by atoms with Crippen molar-refractivity contribution in [2.75, 3.05) is 0 Å². The number of hydrogen-bond donors (Lipinski definition) is 1. The minimum absolute atomic E-state index is 0.156. The molecule has 27 heavy (non-hydrogen) atoms. The minimum Gasteiger partial charge on any atom is -0.512 e. The number of rotatable bonds is 3. The molecule has 4 aliphatic rings. The van der Waals surface area contributed by atoms with Crippen molar-refractivity contribution in [2.24, 2.45) is 33.5 Å². The van der Waals surface area contributed by atoms with Gasteiger partial charge in [-0.3, -0.25) is 4.79 Å². The van der Waals surface area contributed by atoms with Crippen LogP contribution in [0.25, 0.3) is 0 Å². The van der Waals surface area contributed by atoms with Gasteiger partial charge in [-0.1, -0.05) is 27.7 Å². The van der Waals surface area contributed by atoms with E-state index in [1.54, 1.807) is 6.08 Å². The van der Waals surface area contributed by atoms with Gasteiger partial charge >= 0.3 is 0 Å². The van der Waals surface area contributed by atoms with Gasteiger partial charge in [-0.15, -0.1) is 0 Å². The molecule has 2 nitrogen and oxygen atoms in total. The number of allylic oxidation sites excluding steroid dienone is 2. The van der Waals surface area contributed by atoms with Crippen LogP contribution in [0, 0.1) is 33.5 Å². The topological polar surface area (TPSA) is 37.3 Å². The lowest BCUT2D eigenvalue weighted by atomic mass is 9.49. The summed E-state index contributed by atoms with van der Waals surface area (Å²) in [7, 11) is 0. The number of ketones is 1. The molecule has 4 rings (SSSR count). The quantitative estimate of drug-likeness (QED) is 0.428. The molecule has 4 fully saturated rings. The Morgan fingerprint density at radius 2 is 1.11 bits per heavy atom. The Kier molecular flexibility index (Phi) is 4.60. The Bertz CT molecular complexity index is 603. The maximum absolute atomic E-state index is 12.7. The predicted octanol–water partition coefficient (Wildman–Crippen LogP) is 6.99. The summed E-state index contributed by atoms with van der Waals surface area (Å²) in [6, 6.07) is 0. The Morgan fingerprint density at radius 3 is 1.48 bits per heavy atom. The van der Waals surface area contributed by atoms with Gasteiger partial charge in [0.15, 0.2) is 5.78 Å². The normalized spacial score (nSPS) is 32.1. The number of carbonyl (C=O) groups is 1. The molecule has 4 saturated carbocycles.